The van der Waals surface area contributed by atoms with E-state index in [0.29, 0.717) is 30.1 Å². The number of alkyl halides is 3. The number of pyridine rings is 1. The molecule has 1 aliphatic heterocycles. The maximum atomic E-state index is 12.9. The van der Waals surface area contributed by atoms with Crippen LogP contribution in [0.3, 0.4) is 0 Å². The number of rotatable bonds is 5. The van der Waals surface area contributed by atoms with Crippen LogP contribution in [-0.2, 0) is 16.4 Å². The predicted octanol–water partition coefficient (Wildman–Crippen LogP) is 1.43. The molecule has 0 radical (unpaired) electrons. The highest BCUT2D eigenvalue weighted by atomic mass is 32.2. The molecule has 1 aliphatic rings. The summed E-state index contributed by atoms with van der Waals surface area (Å²) in [6, 6.07) is 5.19. The molecule has 168 valence electrons. The van der Waals surface area contributed by atoms with Gasteiger partial charge < -0.3 is 10.4 Å². The van der Waals surface area contributed by atoms with Crippen molar-refractivity contribution in [3.63, 3.8) is 0 Å². The van der Waals surface area contributed by atoms with Crippen molar-refractivity contribution in [1.82, 2.24) is 19.4 Å². The van der Waals surface area contributed by atoms with Gasteiger partial charge in [0.2, 0.25) is 5.88 Å². The van der Waals surface area contributed by atoms with Crippen molar-refractivity contribution in [2.45, 2.75) is 16.9 Å². The molecule has 1 aromatic carbocycles. The molecule has 0 saturated carbocycles. The second kappa shape index (κ2) is 7.82. The first-order chi connectivity index (χ1) is 15.1. The Morgan fingerprint density at radius 3 is 2.50 bits per heavy atom. The third kappa shape index (κ3) is 3.75. The molecule has 13 heteroatoms. The van der Waals surface area contributed by atoms with Crippen LogP contribution in [0, 0.1) is 0 Å². The van der Waals surface area contributed by atoms with Crippen LogP contribution in [-0.4, -0.2) is 52.1 Å². The molecule has 0 unspecified atom stereocenters. The Hall–Kier alpha value is -3.61. The fourth-order valence-electron chi connectivity index (χ4n) is 3.28. The minimum atomic E-state index is -5.52. The molecule has 0 atom stereocenters. The summed E-state index contributed by atoms with van der Waals surface area (Å²) < 4.78 is 63.3. The molecule has 3 heterocycles. The van der Waals surface area contributed by atoms with Crippen molar-refractivity contribution in [3.05, 3.63) is 70.5 Å². The van der Waals surface area contributed by atoms with E-state index in [1.165, 1.54) is 10.8 Å². The SMILES string of the molecule is O=c1n(Cc2ccncc2C2=NCCN2)cc(O)n1-c1ccc(S(=O)(=O)C(F)(F)F)cc1. The van der Waals surface area contributed by atoms with Crippen LogP contribution in [0.5, 0.6) is 5.88 Å². The van der Waals surface area contributed by atoms with Crippen molar-refractivity contribution in [2.75, 3.05) is 13.1 Å². The standard InChI is InChI=1S/C19H16F3N5O4S/c20-19(21,22)32(30,31)14-3-1-13(2-4-14)27-16(28)11-26(18(27)29)10-12-5-6-23-9-15(12)17-24-7-8-25-17/h1-6,9,11,28H,7-8,10H2,(H,24,25). The van der Waals surface area contributed by atoms with Gasteiger partial charge in [-0.15, -0.1) is 0 Å². The highest BCUT2D eigenvalue weighted by Gasteiger charge is 2.46. The summed E-state index contributed by atoms with van der Waals surface area (Å²) in [7, 11) is -5.52. The van der Waals surface area contributed by atoms with Crippen LogP contribution in [0.1, 0.15) is 11.1 Å². The Kier molecular flexibility index (Phi) is 5.28. The summed E-state index contributed by atoms with van der Waals surface area (Å²) >= 11 is 0. The Bertz CT molecular complexity index is 1360. The number of sulfone groups is 1. The zero-order chi connectivity index (χ0) is 23.1. The first-order valence-electron chi connectivity index (χ1n) is 9.24. The Labute approximate surface area is 179 Å². The minimum Gasteiger partial charge on any atom is -0.493 e. The molecule has 0 saturated heterocycles. The van der Waals surface area contributed by atoms with Gasteiger partial charge in [0.05, 0.1) is 29.9 Å². The van der Waals surface area contributed by atoms with E-state index in [2.05, 4.69) is 15.3 Å². The van der Waals surface area contributed by atoms with Gasteiger partial charge >= 0.3 is 11.2 Å². The third-order valence-corrected chi connectivity index (χ3v) is 6.33. The number of nitrogens with zero attached hydrogens (tertiary/aromatic N) is 4. The average molecular weight is 467 g/mol. The molecule has 0 fully saturated rings. The number of aromatic hydroxyl groups is 1. The Morgan fingerprint density at radius 1 is 1.16 bits per heavy atom. The zero-order valence-electron chi connectivity index (χ0n) is 16.2. The number of benzene rings is 1. The van der Waals surface area contributed by atoms with E-state index in [1.807, 2.05) is 0 Å². The fourth-order valence-corrected chi connectivity index (χ4v) is 4.04. The lowest BCUT2D eigenvalue weighted by Gasteiger charge is -2.10. The number of nitrogens with one attached hydrogen (secondary N) is 1. The van der Waals surface area contributed by atoms with Crippen LogP contribution >= 0.6 is 0 Å². The summed E-state index contributed by atoms with van der Waals surface area (Å²) in [5.41, 5.74) is -4.70. The van der Waals surface area contributed by atoms with Crippen LogP contribution < -0.4 is 11.0 Å². The summed E-state index contributed by atoms with van der Waals surface area (Å²) in [6.45, 7) is 1.36. The summed E-state index contributed by atoms with van der Waals surface area (Å²) in [4.78, 5) is 20.3. The maximum absolute atomic E-state index is 12.9. The minimum absolute atomic E-state index is 0.00385. The lowest BCUT2D eigenvalue weighted by molar-refractivity contribution is -0.0436. The maximum Gasteiger partial charge on any atom is 0.501 e. The topological polar surface area (TPSA) is 119 Å². The van der Waals surface area contributed by atoms with Crippen molar-refractivity contribution in [3.8, 4) is 11.6 Å². The number of hydrogen-bond acceptors (Lipinski definition) is 7. The molecular formula is C19H16F3N5O4S. The highest BCUT2D eigenvalue weighted by Crippen LogP contribution is 2.30. The van der Waals surface area contributed by atoms with Crippen LogP contribution in [0.2, 0.25) is 0 Å². The second-order valence-electron chi connectivity index (χ2n) is 6.87. The number of amidine groups is 1. The van der Waals surface area contributed by atoms with Gasteiger partial charge in [-0.25, -0.2) is 17.8 Å². The number of aromatic nitrogens is 3. The van der Waals surface area contributed by atoms with Gasteiger partial charge in [0.1, 0.15) is 5.84 Å². The van der Waals surface area contributed by atoms with Gasteiger partial charge in [0, 0.05) is 24.5 Å². The number of imidazole rings is 1. The number of aliphatic imine (C=N–C) groups is 1. The predicted molar refractivity (Wildman–Crippen MR) is 108 cm³/mol. The molecule has 32 heavy (non-hydrogen) atoms. The van der Waals surface area contributed by atoms with Crippen molar-refractivity contribution >= 4 is 15.7 Å². The van der Waals surface area contributed by atoms with Crippen LogP contribution in [0.15, 0.2) is 63.6 Å². The highest BCUT2D eigenvalue weighted by molar-refractivity contribution is 7.92. The molecule has 3 aromatic rings. The molecule has 9 nitrogen and oxygen atoms in total. The molecule has 0 amide bonds. The molecular weight excluding hydrogens is 451 g/mol. The van der Waals surface area contributed by atoms with Crippen LogP contribution in [0.25, 0.3) is 5.69 Å². The third-order valence-electron chi connectivity index (χ3n) is 4.83. The van der Waals surface area contributed by atoms with Crippen molar-refractivity contribution in [2.24, 2.45) is 4.99 Å². The van der Waals surface area contributed by atoms with Gasteiger partial charge in [0.15, 0.2) is 0 Å². The zero-order valence-corrected chi connectivity index (χ0v) is 17.1. The van der Waals surface area contributed by atoms with E-state index in [0.717, 1.165) is 28.8 Å². The van der Waals surface area contributed by atoms with Gasteiger partial charge in [-0.05, 0) is 35.9 Å². The second-order valence-corrected chi connectivity index (χ2v) is 8.81. The summed E-state index contributed by atoms with van der Waals surface area (Å²) in [5.74, 6) is 0.180. The van der Waals surface area contributed by atoms with Gasteiger partial charge in [-0.1, -0.05) is 0 Å². The van der Waals surface area contributed by atoms with Crippen molar-refractivity contribution < 1.29 is 26.7 Å². The van der Waals surface area contributed by atoms with Gasteiger partial charge in [-0.3, -0.25) is 14.5 Å². The van der Waals surface area contributed by atoms with E-state index in [4.69, 9.17) is 0 Å². The largest absolute Gasteiger partial charge is 0.501 e. The van der Waals surface area contributed by atoms with Gasteiger partial charge in [0.25, 0.3) is 9.84 Å². The lowest BCUT2D eigenvalue weighted by Crippen LogP contribution is -2.26. The first kappa shape index (κ1) is 21.6. The molecule has 2 N–H and O–H groups in total. The van der Waals surface area contributed by atoms with Crippen LogP contribution in [0.4, 0.5) is 13.2 Å². The number of halogens is 3. The van der Waals surface area contributed by atoms with Gasteiger partial charge in [-0.2, -0.15) is 13.2 Å². The van der Waals surface area contributed by atoms with E-state index in [-0.39, 0.29) is 12.2 Å². The summed E-state index contributed by atoms with van der Waals surface area (Å²) in [5, 5.41) is 13.4. The molecule has 0 aliphatic carbocycles. The molecule has 2 aromatic heterocycles. The summed E-state index contributed by atoms with van der Waals surface area (Å²) in [6.07, 6.45) is 4.33. The monoisotopic (exact) mass is 467 g/mol. The number of hydrogen-bond donors (Lipinski definition) is 2. The normalized spacial score (nSPS) is 14.3. The van der Waals surface area contributed by atoms with E-state index >= 15 is 0 Å². The van der Waals surface area contributed by atoms with E-state index in [1.54, 1.807) is 18.5 Å². The van der Waals surface area contributed by atoms with E-state index < -0.39 is 31.8 Å². The smallest absolute Gasteiger partial charge is 0.493 e. The average Bonchev–Trinajstić information content (AvgIpc) is 3.36. The molecule has 0 bridgehead atoms. The Morgan fingerprint density at radius 2 is 1.88 bits per heavy atom. The Balaban J connectivity index is 1.68. The fraction of sp³-hybridized carbons (Fsp3) is 0.211. The molecule has 4 rings (SSSR count). The molecule has 0 spiro atoms. The van der Waals surface area contributed by atoms with E-state index in [9.17, 15) is 31.5 Å². The quantitative estimate of drug-likeness (QED) is 0.586. The van der Waals surface area contributed by atoms with Crippen molar-refractivity contribution in [1.29, 1.82) is 0 Å². The lowest BCUT2D eigenvalue weighted by atomic mass is 10.1. The first-order valence-corrected chi connectivity index (χ1v) is 10.7.